The van der Waals surface area contributed by atoms with Crippen LogP contribution in [0, 0.1) is 0 Å². The zero-order chi connectivity index (χ0) is 20.8. The van der Waals surface area contributed by atoms with Crippen LogP contribution in [-0.4, -0.2) is 30.3 Å². The van der Waals surface area contributed by atoms with E-state index < -0.39 is 0 Å². The molecule has 0 bridgehead atoms. The summed E-state index contributed by atoms with van der Waals surface area (Å²) in [5.41, 5.74) is 7.78. The maximum absolute atomic E-state index is 9.79. The Morgan fingerprint density at radius 3 is 2.52 bits per heavy atom. The van der Waals surface area contributed by atoms with Crippen LogP contribution in [0.5, 0.6) is 5.75 Å². The van der Waals surface area contributed by atoms with Crippen LogP contribution >= 0.6 is 0 Å². The van der Waals surface area contributed by atoms with Gasteiger partial charge in [0.1, 0.15) is 11.4 Å². The molecule has 0 spiro atoms. The molecule has 2 aromatic carbocycles. The molecule has 6 heteroatoms. The van der Waals surface area contributed by atoms with E-state index in [1.54, 1.807) is 18.5 Å². The van der Waals surface area contributed by atoms with Gasteiger partial charge >= 0.3 is 0 Å². The number of pyridine rings is 2. The lowest BCUT2D eigenvalue weighted by atomic mass is 10.0. The molecule has 6 aromatic rings. The number of hydrogen-bond donors (Lipinski definition) is 3. The van der Waals surface area contributed by atoms with Crippen LogP contribution in [0.4, 0.5) is 0 Å². The standard InChI is InChI=1S/C25H17N5O/c31-18-9-17(13-27-14-18)15-6-7-23-21(10-15)25(30-29-23)24-11-20-19(4-1-5-22(20)28-24)16-3-2-8-26-12-16/h1-14,28,31H,(H,29,30). The number of nitrogens with zero attached hydrogens (tertiary/aromatic N) is 3. The molecule has 0 fully saturated rings. The molecule has 0 saturated heterocycles. The Morgan fingerprint density at radius 2 is 1.65 bits per heavy atom. The second-order valence-corrected chi connectivity index (χ2v) is 7.46. The van der Waals surface area contributed by atoms with Crippen LogP contribution in [-0.2, 0) is 0 Å². The highest BCUT2D eigenvalue weighted by molar-refractivity contribution is 6.01. The Morgan fingerprint density at radius 1 is 0.710 bits per heavy atom. The van der Waals surface area contributed by atoms with Crippen LogP contribution in [0.25, 0.3) is 55.4 Å². The van der Waals surface area contributed by atoms with Crippen molar-refractivity contribution in [2.45, 2.75) is 0 Å². The van der Waals surface area contributed by atoms with E-state index >= 15 is 0 Å². The molecule has 6 rings (SSSR count). The zero-order valence-electron chi connectivity index (χ0n) is 16.4. The van der Waals surface area contributed by atoms with Gasteiger partial charge in [0.15, 0.2) is 0 Å². The smallest absolute Gasteiger partial charge is 0.134 e. The van der Waals surface area contributed by atoms with Crippen molar-refractivity contribution in [3.8, 4) is 39.4 Å². The fourth-order valence-corrected chi connectivity index (χ4v) is 4.04. The topological polar surface area (TPSA) is 90.5 Å². The Labute approximate surface area is 177 Å². The maximum Gasteiger partial charge on any atom is 0.134 e. The number of aromatic nitrogens is 5. The molecule has 4 heterocycles. The van der Waals surface area contributed by atoms with Gasteiger partial charge in [0.2, 0.25) is 0 Å². The molecule has 31 heavy (non-hydrogen) atoms. The van der Waals surface area contributed by atoms with Gasteiger partial charge in [-0.2, -0.15) is 5.10 Å². The highest BCUT2D eigenvalue weighted by Gasteiger charge is 2.14. The summed E-state index contributed by atoms with van der Waals surface area (Å²) < 4.78 is 0. The molecule has 4 aromatic heterocycles. The number of nitrogens with one attached hydrogen (secondary N) is 2. The molecule has 0 saturated carbocycles. The average molecular weight is 403 g/mol. The average Bonchev–Trinajstić information content (AvgIpc) is 3.43. The van der Waals surface area contributed by atoms with Crippen molar-refractivity contribution in [2.75, 3.05) is 0 Å². The minimum atomic E-state index is 0.142. The van der Waals surface area contributed by atoms with Gasteiger partial charge in [-0.3, -0.25) is 15.1 Å². The molecule has 0 atom stereocenters. The van der Waals surface area contributed by atoms with Crippen LogP contribution < -0.4 is 0 Å². The molecule has 0 aliphatic heterocycles. The predicted molar refractivity (Wildman–Crippen MR) is 122 cm³/mol. The van der Waals surface area contributed by atoms with Gasteiger partial charge < -0.3 is 10.1 Å². The molecule has 6 nitrogen and oxygen atoms in total. The van der Waals surface area contributed by atoms with Crippen molar-refractivity contribution in [1.82, 2.24) is 25.1 Å². The molecule has 0 unspecified atom stereocenters. The highest BCUT2D eigenvalue weighted by Crippen LogP contribution is 2.35. The minimum Gasteiger partial charge on any atom is -0.506 e. The fraction of sp³-hybridized carbons (Fsp3) is 0. The quantitative estimate of drug-likeness (QED) is 0.362. The minimum absolute atomic E-state index is 0.142. The van der Waals surface area contributed by atoms with E-state index in [9.17, 15) is 5.11 Å². The van der Waals surface area contributed by atoms with E-state index in [1.807, 2.05) is 30.5 Å². The first-order chi connectivity index (χ1) is 15.3. The van der Waals surface area contributed by atoms with E-state index in [2.05, 4.69) is 55.5 Å². The third kappa shape index (κ3) is 2.93. The monoisotopic (exact) mass is 403 g/mol. The summed E-state index contributed by atoms with van der Waals surface area (Å²) >= 11 is 0. The summed E-state index contributed by atoms with van der Waals surface area (Å²) in [7, 11) is 0. The van der Waals surface area contributed by atoms with Crippen molar-refractivity contribution < 1.29 is 5.11 Å². The second kappa shape index (κ2) is 6.81. The molecule has 0 aliphatic carbocycles. The number of aromatic hydroxyl groups is 1. The van der Waals surface area contributed by atoms with Crippen LogP contribution in [0.3, 0.4) is 0 Å². The van der Waals surface area contributed by atoms with Crippen molar-refractivity contribution in [3.05, 3.63) is 85.5 Å². The summed E-state index contributed by atoms with van der Waals surface area (Å²) in [5.74, 6) is 0.142. The number of hydrogen-bond acceptors (Lipinski definition) is 4. The summed E-state index contributed by atoms with van der Waals surface area (Å²) in [4.78, 5) is 11.9. The lowest BCUT2D eigenvalue weighted by Gasteiger charge is -2.02. The summed E-state index contributed by atoms with van der Waals surface area (Å²) in [6.45, 7) is 0. The Hall–Kier alpha value is -4.45. The zero-order valence-corrected chi connectivity index (χ0v) is 16.4. The number of rotatable bonds is 3. The van der Waals surface area contributed by atoms with Gasteiger partial charge in [-0.15, -0.1) is 0 Å². The predicted octanol–water partition coefficient (Wildman–Crippen LogP) is 5.54. The Balaban J connectivity index is 1.51. The van der Waals surface area contributed by atoms with Gasteiger partial charge in [-0.05, 0) is 47.5 Å². The SMILES string of the molecule is Oc1cncc(-c2ccc3[nH]nc(-c4cc5c(-c6cccnc6)cccc5[nH]4)c3c2)c1. The van der Waals surface area contributed by atoms with Crippen LogP contribution in [0.1, 0.15) is 0 Å². The van der Waals surface area contributed by atoms with Gasteiger partial charge in [0.05, 0.1) is 17.4 Å². The molecule has 3 N–H and O–H groups in total. The fourth-order valence-electron chi connectivity index (χ4n) is 4.04. The third-order valence-corrected chi connectivity index (χ3v) is 5.51. The van der Waals surface area contributed by atoms with Crippen molar-refractivity contribution in [2.24, 2.45) is 0 Å². The lowest BCUT2D eigenvalue weighted by Crippen LogP contribution is -1.81. The second-order valence-electron chi connectivity index (χ2n) is 7.46. The molecular formula is C25H17N5O. The lowest BCUT2D eigenvalue weighted by molar-refractivity contribution is 0.473. The Kier molecular flexibility index (Phi) is 3.83. The Bertz CT molecular complexity index is 1550. The molecular weight excluding hydrogens is 386 g/mol. The maximum atomic E-state index is 9.79. The largest absolute Gasteiger partial charge is 0.506 e. The van der Waals surface area contributed by atoms with E-state index in [0.717, 1.165) is 55.4 Å². The van der Waals surface area contributed by atoms with Crippen LogP contribution in [0.2, 0.25) is 0 Å². The summed E-state index contributed by atoms with van der Waals surface area (Å²) in [6, 6.07) is 20.1. The molecule has 0 aliphatic rings. The van der Waals surface area contributed by atoms with E-state index in [0.29, 0.717) is 0 Å². The number of benzene rings is 2. The number of aromatic amines is 2. The van der Waals surface area contributed by atoms with Crippen molar-refractivity contribution in [3.63, 3.8) is 0 Å². The normalized spacial score (nSPS) is 11.4. The number of H-pyrrole nitrogens is 2. The molecule has 148 valence electrons. The summed E-state index contributed by atoms with van der Waals surface area (Å²) in [5, 5.41) is 19.6. The van der Waals surface area contributed by atoms with E-state index in [1.165, 1.54) is 6.20 Å². The first kappa shape index (κ1) is 17.4. The van der Waals surface area contributed by atoms with Crippen molar-refractivity contribution >= 4 is 21.8 Å². The first-order valence-corrected chi connectivity index (χ1v) is 9.91. The van der Waals surface area contributed by atoms with Crippen LogP contribution in [0.15, 0.2) is 85.5 Å². The van der Waals surface area contributed by atoms with Gasteiger partial charge in [-0.1, -0.05) is 24.3 Å². The van der Waals surface area contributed by atoms with Crippen molar-refractivity contribution in [1.29, 1.82) is 0 Å². The van der Waals surface area contributed by atoms with Gasteiger partial charge in [0.25, 0.3) is 0 Å². The van der Waals surface area contributed by atoms with Gasteiger partial charge in [-0.25, -0.2) is 0 Å². The van der Waals surface area contributed by atoms with Gasteiger partial charge in [0, 0.05) is 46.0 Å². The third-order valence-electron chi connectivity index (χ3n) is 5.51. The number of fused-ring (bicyclic) bond motifs is 2. The van der Waals surface area contributed by atoms with E-state index in [4.69, 9.17) is 0 Å². The first-order valence-electron chi connectivity index (χ1n) is 9.91. The summed E-state index contributed by atoms with van der Waals surface area (Å²) in [6.07, 6.45) is 6.82. The molecule has 0 amide bonds. The molecule has 0 radical (unpaired) electrons. The highest BCUT2D eigenvalue weighted by atomic mass is 16.3. The van der Waals surface area contributed by atoms with E-state index in [-0.39, 0.29) is 5.75 Å².